The molecule has 0 saturated carbocycles. The van der Waals surface area contributed by atoms with Crippen molar-refractivity contribution in [2.75, 3.05) is 11.1 Å². The van der Waals surface area contributed by atoms with Gasteiger partial charge in [-0.1, -0.05) is 0 Å². The van der Waals surface area contributed by atoms with Crippen LogP contribution in [0, 0.1) is 11.6 Å². The van der Waals surface area contributed by atoms with Gasteiger partial charge in [0.1, 0.15) is 11.6 Å². The zero-order valence-electron chi connectivity index (χ0n) is 9.65. The SMILES string of the molecule is Nc1cc(C(=O)O)ccc1Nc1cc(F)ccc1F. The maximum atomic E-state index is 13.4. The van der Waals surface area contributed by atoms with Crippen LogP contribution in [0.4, 0.5) is 25.8 Å². The Bertz CT molecular complexity index is 645. The summed E-state index contributed by atoms with van der Waals surface area (Å²) in [4.78, 5) is 10.7. The Kier molecular flexibility index (Phi) is 3.33. The zero-order chi connectivity index (χ0) is 14.0. The first-order valence-corrected chi connectivity index (χ1v) is 5.32. The molecular formula is C13H10F2N2O2. The van der Waals surface area contributed by atoms with Crippen LogP contribution < -0.4 is 11.1 Å². The van der Waals surface area contributed by atoms with Crippen molar-refractivity contribution in [1.82, 2.24) is 0 Å². The van der Waals surface area contributed by atoms with Crippen LogP contribution in [0.2, 0.25) is 0 Å². The van der Waals surface area contributed by atoms with Gasteiger partial charge in [-0.25, -0.2) is 13.6 Å². The summed E-state index contributed by atoms with van der Waals surface area (Å²) in [5.41, 5.74) is 6.02. The highest BCUT2D eigenvalue weighted by Gasteiger charge is 2.09. The molecule has 0 atom stereocenters. The Morgan fingerprint density at radius 3 is 2.47 bits per heavy atom. The molecule has 2 rings (SSSR count). The molecule has 0 unspecified atom stereocenters. The average molecular weight is 264 g/mol. The van der Waals surface area contributed by atoms with Crippen LogP contribution in [0.25, 0.3) is 0 Å². The topological polar surface area (TPSA) is 75.4 Å². The third-order valence-electron chi connectivity index (χ3n) is 2.50. The van der Waals surface area contributed by atoms with Crippen LogP contribution >= 0.6 is 0 Å². The van der Waals surface area contributed by atoms with E-state index in [-0.39, 0.29) is 16.9 Å². The van der Waals surface area contributed by atoms with Gasteiger partial charge in [0.15, 0.2) is 0 Å². The quantitative estimate of drug-likeness (QED) is 0.745. The minimum Gasteiger partial charge on any atom is -0.478 e. The molecule has 0 aliphatic rings. The number of aromatic carboxylic acids is 1. The Hall–Kier alpha value is -2.63. The van der Waals surface area contributed by atoms with Crippen LogP contribution in [0.1, 0.15) is 10.4 Å². The molecule has 0 amide bonds. The second-order valence-corrected chi connectivity index (χ2v) is 3.86. The standard InChI is InChI=1S/C13H10F2N2O2/c14-8-2-3-9(15)12(6-8)17-11-4-1-7(13(18)19)5-10(11)16/h1-6,17H,16H2,(H,18,19). The van der Waals surface area contributed by atoms with Gasteiger partial charge in [0.05, 0.1) is 22.6 Å². The fraction of sp³-hybridized carbons (Fsp3) is 0. The highest BCUT2D eigenvalue weighted by molar-refractivity contribution is 5.90. The van der Waals surface area contributed by atoms with Gasteiger partial charge in [0.25, 0.3) is 0 Å². The van der Waals surface area contributed by atoms with E-state index in [1.807, 2.05) is 0 Å². The predicted molar refractivity (Wildman–Crippen MR) is 67.5 cm³/mol. The lowest BCUT2D eigenvalue weighted by molar-refractivity contribution is 0.0697. The summed E-state index contributed by atoms with van der Waals surface area (Å²) in [5.74, 6) is -2.34. The summed E-state index contributed by atoms with van der Waals surface area (Å²) in [6, 6.07) is 6.92. The molecule has 0 aliphatic carbocycles. The van der Waals surface area contributed by atoms with Gasteiger partial charge in [-0.15, -0.1) is 0 Å². The van der Waals surface area contributed by atoms with Gasteiger partial charge in [0, 0.05) is 6.07 Å². The van der Waals surface area contributed by atoms with E-state index in [4.69, 9.17) is 10.8 Å². The summed E-state index contributed by atoms with van der Waals surface area (Å²) < 4.78 is 26.4. The number of nitrogens with one attached hydrogen (secondary N) is 1. The number of nitrogen functional groups attached to an aromatic ring is 1. The number of carboxylic acid groups (broad SMARTS) is 1. The molecule has 4 N–H and O–H groups in total. The van der Waals surface area contributed by atoms with Crippen molar-refractivity contribution < 1.29 is 18.7 Å². The largest absolute Gasteiger partial charge is 0.478 e. The van der Waals surface area contributed by atoms with E-state index in [0.29, 0.717) is 5.69 Å². The zero-order valence-corrected chi connectivity index (χ0v) is 9.65. The van der Waals surface area contributed by atoms with E-state index in [0.717, 1.165) is 18.2 Å². The molecule has 2 aromatic carbocycles. The van der Waals surface area contributed by atoms with Crippen molar-refractivity contribution in [3.05, 3.63) is 53.6 Å². The molecule has 0 saturated heterocycles. The van der Waals surface area contributed by atoms with Crippen LogP contribution in [0.3, 0.4) is 0 Å². The molecule has 6 heteroatoms. The summed E-state index contributed by atoms with van der Waals surface area (Å²) in [5, 5.41) is 11.4. The van der Waals surface area contributed by atoms with Crippen molar-refractivity contribution in [2.45, 2.75) is 0 Å². The Morgan fingerprint density at radius 2 is 1.84 bits per heavy atom. The van der Waals surface area contributed by atoms with Crippen molar-refractivity contribution in [3.63, 3.8) is 0 Å². The Labute approximate surface area is 107 Å². The van der Waals surface area contributed by atoms with Crippen molar-refractivity contribution in [1.29, 1.82) is 0 Å². The lowest BCUT2D eigenvalue weighted by atomic mass is 10.1. The summed E-state index contributed by atoms with van der Waals surface area (Å²) >= 11 is 0. The number of halogens is 2. The minimum atomic E-state index is -1.12. The van der Waals surface area contributed by atoms with E-state index >= 15 is 0 Å². The number of carbonyl (C=O) groups is 1. The number of anilines is 3. The van der Waals surface area contributed by atoms with E-state index in [9.17, 15) is 13.6 Å². The third kappa shape index (κ3) is 2.79. The molecule has 0 radical (unpaired) electrons. The van der Waals surface area contributed by atoms with Crippen LogP contribution in [0.5, 0.6) is 0 Å². The summed E-state index contributed by atoms with van der Waals surface area (Å²) in [7, 11) is 0. The first-order chi connectivity index (χ1) is 8.97. The Balaban J connectivity index is 2.33. The summed E-state index contributed by atoms with van der Waals surface area (Å²) in [6.45, 7) is 0. The molecule has 19 heavy (non-hydrogen) atoms. The second kappa shape index (κ2) is 4.93. The fourth-order valence-electron chi connectivity index (χ4n) is 1.55. The molecule has 2 aromatic rings. The number of nitrogens with two attached hydrogens (primary N) is 1. The first-order valence-electron chi connectivity index (χ1n) is 5.32. The van der Waals surface area contributed by atoms with Crippen molar-refractivity contribution in [2.24, 2.45) is 0 Å². The fourth-order valence-corrected chi connectivity index (χ4v) is 1.55. The van der Waals surface area contributed by atoms with Crippen molar-refractivity contribution >= 4 is 23.0 Å². The molecule has 0 bridgehead atoms. The number of carboxylic acids is 1. The van der Waals surface area contributed by atoms with Crippen LogP contribution in [0.15, 0.2) is 36.4 Å². The predicted octanol–water partition coefficient (Wildman–Crippen LogP) is 2.99. The smallest absolute Gasteiger partial charge is 0.335 e. The minimum absolute atomic E-state index is 0.0164. The van der Waals surface area contributed by atoms with E-state index < -0.39 is 17.6 Å². The third-order valence-corrected chi connectivity index (χ3v) is 2.50. The van der Waals surface area contributed by atoms with Gasteiger partial charge in [-0.3, -0.25) is 0 Å². The number of benzene rings is 2. The molecule has 0 spiro atoms. The molecule has 0 aliphatic heterocycles. The van der Waals surface area contributed by atoms with E-state index in [1.54, 1.807) is 0 Å². The molecule has 0 aromatic heterocycles. The molecule has 0 fully saturated rings. The van der Waals surface area contributed by atoms with Gasteiger partial charge in [0.2, 0.25) is 0 Å². The monoisotopic (exact) mass is 264 g/mol. The Morgan fingerprint density at radius 1 is 1.11 bits per heavy atom. The van der Waals surface area contributed by atoms with Gasteiger partial charge >= 0.3 is 5.97 Å². The summed E-state index contributed by atoms with van der Waals surface area (Å²) in [6.07, 6.45) is 0. The molecule has 0 heterocycles. The highest BCUT2D eigenvalue weighted by Crippen LogP contribution is 2.26. The van der Waals surface area contributed by atoms with E-state index in [2.05, 4.69) is 5.32 Å². The lowest BCUT2D eigenvalue weighted by Crippen LogP contribution is -2.02. The maximum Gasteiger partial charge on any atom is 0.335 e. The number of rotatable bonds is 3. The lowest BCUT2D eigenvalue weighted by Gasteiger charge is -2.10. The number of hydrogen-bond acceptors (Lipinski definition) is 3. The van der Waals surface area contributed by atoms with Gasteiger partial charge in [-0.05, 0) is 30.3 Å². The van der Waals surface area contributed by atoms with Crippen LogP contribution in [-0.4, -0.2) is 11.1 Å². The van der Waals surface area contributed by atoms with Gasteiger partial charge in [-0.2, -0.15) is 0 Å². The molecule has 4 nitrogen and oxygen atoms in total. The molecular weight excluding hydrogens is 254 g/mol. The highest BCUT2D eigenvalue weighted by atomic mass is 19.1. The van der Waals surface area contributed by atoms with Gasteiger partial charge < -0.3 is 16.2 Å². The first kappa shape index (κ1) is 12.8. The normalized spacial score (nSPS) is 10.2. The number of hydrogen-bond donors (Lipinski definition) is 3. The van der Waals surface area contributed by atoms with Crippen LogP contribution in [-0.2, 0) is 0 Å². The van der Waals surface area contributed by atoms with E-state index in [1.165, 1.54) is 18.2 Å². The average Bonchev–Trinajstić information content (AvgIpc) is 2.36. The maximum absolute atomic E-state index is 13.4. The van der Waals surface area contributed by atoms with Crippen molar-refractivity contribution in [3.8, 4) is 0 Å². The molecule has 98 valence electrons. The second-order valence-electron chi connectivity index (χ2n) is 3.86.